The maximum absolute atomic E-state index is 11.9. The number of halogens is 2. The van der Waals surface area contributed by atoms with Crippen LogP contribution in [0.3, 0.4) is 0 Å². The molecule has 1 N–H and O–H groups in total. The maximum atomic E-state index is 11.9. The molecule has 0 saturated heterocycles. The lowest BCUT2D eigenvalue weighted by molar-refractivity contribution is 0.0698. The SMILES string of the molecule is N#Cc1ccccc1-c1ccc(-c2nc(-c3ccc(Cl)c(Cl)c3)cs2)cc1C(=O)O. The molecule has 30 heavy (non-hydrogen) atoms. The van der Waals surface area contributed by atoms with Gasteiger partial charge >= 0.3 is 5.97 Å². The van der Waals surface area contributed by atoms with E-state index in [1.807, 2.05) is 17.5 Å². The number of aromatic nitrogens is 1. The van der Waals surface area contributed by atoms with Gasteiger partial charge in [0, 0.05) is 22.1 Å². The number of nitriles is 1. The highest BCUT2D eigenvalue weighted by atomic mass is 35.5. The molecule has 3 aromatic carbocycles. The Kier molecular flexibility index (Phi) is 5.56. The number of carbonyl (C=O) groups is 1. The predicted molar refractivity (Wildman–Crippen MR) is 120 cm³/mol. The van der Waals surface area contributed by atoms with Gasteiger partial charge in [-0.05, 0) is 29.8 Å². The number of benzene rings is 3. The second-order valence-corrected chi connectivity index (χ2v) is 8.06. The summed E-state index contributed by atoms with van der Waals surface area (Å²) in [4.78, 5) is 16.6. The largest absolute Gasteiger partial charge is 0.478 e. The van der Waals surface area contributed by atoms with Crippen LogP contribution in [0.25, 0.3) is 33.0 Å². The lowest BCUT2D eigenvalue weighted by atomic mass is 9.94. The van der Waals surface area contributed by atoms with Gasteiger partial charge in [0.15, 0.2) is 0 Å². The van der Waals surface area contributed by atoms with E-state index in [-0.39, 0.29) is 5.56 Å². The molecule has 0 amide bonds. The highest BCUT2D eigenvalue weighted by Crippen LogP contribution is 2.35. The lowest BCUT2D eigenvalue weighted by Gasteiger charge is -2.09. The molecule has 0 radical (unpaired) electrons. The Balaban J connectivity index is 1.77. The minimum Gasteiger partial charge on any atom is -0.478 e. The van der Waals surface area contributed by atoms with Crippen molar-refractivity contribution in [1.82, 2.24) is 4.98 Å². The van der Waals surface area contributed by atoms with Crippen LogP contribution in [-0.2, 0) is 0 Å². The number of nitrogens with zero attached hydrogens (tertiary/aromatic N) is 2. The zero-order valence-electron chi connectivity index (χ0n) is 15.3. The van der Waals surface area contributed by atoms with Crippen LogP contribution in [0.1, 0.15) is 15.9 Å². The lowest BCUT2D eigenvalue weighted by Crippen LogP contribution is -2.01. The van der Waals surface area contributed by atoms with Crippen molar-refractivity contribution in [2.75, 3.05) is 0 Å². The van der Waals surface area contributed by atoms with Gasteiger partial charge in [-0.1, -0.05) is 59.6 Å². The van der Waals surface area contributed by atoms with Crippen molar-refractivity contribution in [2.45, 2.75) is 0 Å². The summed E-state index contributed by atoms with van der Waals surface area (Å²) in [5.41, 5.74) is 3.84. The van der Waals surface area contributed by atoms with Crippen LogP contribution >= 0.6 is 34.5 Å². The van der Waals surface area contributed by atoms with E-state index in [1.165, 1.54) is 11.3 Å². The summed E-state index contributed by atoms with van der Waals surface area (Å²) in [5, 5.41) is 22.6. The fraction of sp³-hybridized carbons (Fsp3) is 0. The first-order chi connectivity index (χ1) is 14.5. The molecule has 0 aliphatic carbocycles. The molecule has 0 unspecified atom stereocenters. The molecule has 4 rings (SSSR count). The highest BCUT2D eigenvalue weighted by molar-refractivity contribution is 7.13. The summed E-state index contributed by atoms with van der Waals surface area (Å²) < 4.78 is 0. The van der Waals surface area contributed by atoms with Crippen molar-refractivity contribution in [1.29, 1.82) is 5.26 Å². The van der Waals surface area contributed by atoms with Crippen molar-refractivity contribution in [2.24, 2.45) is 0 Å². The van der Waals surface area contributed by atoms with Crippen LogP contribution in [-0.4, -0.2) is 16.1 Å². The maximum Gasteiger partial charge on any atom is 0.336 e. The molecule has 0 atom stereocenters. The molecule has 0 aliphatic rings. The number of hydrogen-bond acceptors (Lipinski definition) is 4. The van der Waals surface area contributed by atoms with Crippen molar-refractivity contribution < 1.29 is 9.90 Å². The summed E-state index contributed by atoms with van der Waals surface area (Å²) in [5.74, 6) is -1.07. The van der Waals surface area contributed by atoms with Crippen molar-refractivity contribution in [3.05, 3.63) is 87.2 Å². The van der Waals surface area contributed by atoms with Crippen molar-refractivity contribution in [3.8, 4) is 39.0 Å². The van der Waals surface area contributed by atoms with Crippen molar-refractivity contribution in [3.63, 3.8) is 0 Å². The first kappa shape index (κ1) is 20.1. The molecule has 0 aliphatic heterocycles. The third-order valence-electron chi connectivity index (χ3n) is 4.55. The van der Waals surface area contributed by atoms with Gasteiger partial charge in [-0.25, -0.2) is 9.78 Å². The number of hydrogen-bond donors (Lipinski definition) is 1. The summed E-state index contributed by atoms with van der Waals surface area (Å²) in [6.45, 7) is 0. The van der Waals surface area contributed by atoms with E-state index >= 15 is 0 Å². The smallest absolute Gasteiger partial charge is 0.336 e. The van der Waals surface area contributed by atoms with Crippen LogP contribution in [0.5, 0.6) is 0 Å². The van der Waals surface area contributed by atoms with Crippen molar-refractivity contribution >= 4 is 40.5 Å². The molecular formula is C23H12Cl2N2O2S. The van der Waals surface area contributed by atoms with Crippen LogP contribution < -0.4 is 0 Å². The molecule has 0 saturated carbocycles. The topological polar surface area (TPSA) is 74.0 Å². The molecule has 0 spiro atoms. The minimum absolute atomic E-state index is 0.112. The Hall–Kier alpha value is -3.17. The molecule has 1 heterocycles. The molecule has 0 bridgehead atoms. The fourth-order valence-corrected chi connectivity index (χ4v) is 4.22. The van der Waals surface area contributed by atoms with Crippen LogP contribution in [0.15, 0.2) is 66.0 Å². The van der Waals surface area contributed by atoms with E-state index in [2.05, 4.69) is 11.1 Å². The quantitative estimate of drug-likeness (QED) is 0.362. The highest BCUT2D eigenvalue weighted by Gasteiger charge is 2.17. The minimum atomic E-state index is -1.07. The summed E-state index contributed by atoms with van der Waals surface area (Å²) in [6.07, 6.45) is 0. The number of thiazole rings is 1. The zero-order valence-corrected chi connectivity index (χ0v) is 17.6. The fourth-order valence-electron chi connectivity index (χ4n) is 3.10. The summed E-state index contributed by atoms with van der Waals surface area (Å²) in [6, 6.07) is 19.4. The summed E-state index contributed by atoms with van der Waals surface area (Å²) >= 11 is 13.5. The number of aromatic carboxylic acids is 1. The van der Waals surface area contributed by atoms with E-state index < -0.39 is 5.97 Å². The Morgan fingerprint density at radius 3 is 2.47 bits per heavy atom. The standard InChI is InChI=1S/C23H12Cl2N2O2S/c24-19-8-6-13(10-20(19)25)21-12-30-22(27-21)14-5-7-17(18(9-14)23(28)29)16-4-2-1-3-15(16)11-26/h1-10,12H,(H,28,29). The third kappa shape index (κ3) is 3.81. The van der Waals surface area contributed by atoms with Gasteiger partial charge in [0.25, 0.3) is 0 Å². The average Bonchev–Trinajstić information content (AvgIpc) is 3.25. The van der Waals surface area contributed by atoms with Gasteiger partial charge in [0.1, 0.15) is 5.01 Å². The second-order valence-electron chi connectivity index (χ2n) is 6.39. The van der Waals surface area contributed by atoms with E-state index in [9.17, 15) is 15.2 Å². The van der Waals surface area contributed by atoms with E-state index in [0.717, 1.165) is 11.3 Å². The monoisotopic (exact) mass is 450 g/mol. The molecule has 0 fully saturated rings. The number of rotatable bonds is 4. The van der Waals surface area contributed by atoms with Gasteiger partial charge < -0.3 is 5.11 Å². The molecule has 7 heteroatoms. The third-order valence-corrected chi connectivity index (χ3v) is 6.18. The van der Waals surface area contributed by atoms with Gasteiger partial charge in [0.05, 0.1) is 32.9 Å². The van der Waals surface area contributed by atoms with Gasteiger partial charge in [0.2, 0.25) is 0 Å². The number of carboxylic acids is 1. The predicted octanol–water partition coefficient (Wildman–Crippen LogP) is 7.02. The number of carboxylic acid groups (broad SMARTS) is 1. The van der Waals surface area contributed by atoms with E-state index in [1.54, 1.807) is 48.5 Å². The van der Waals surface area contributed by atoms with E-state index in [4.69, 9.17) is 23.2 Å². The summed E-state index contributed by atoms with van der Waals surface area (Å²) in [7, 11) is 0. The Morgan fingerprint density at radius 1 is 0.967 bits per heavy atom. The molecular weight excluding hydrogens is 439 g/mol. The van der Waals surface area contributed by atoms with Gasteiger partial charge in [-0.3, -0.25) is 0 Å². The zero-order chi connectivity index (χ0) is 21.3. The molecule has 146 valence electrons. The average molecular weight is 451 g/mol. The van der Waals surface area contributed by atoms with E-state index in [0.29, 0.717) is 37.3 Å². The van der Waals surface area contributed by atoms with Crippen LogP contribution in [0.2, 0.25) is 10.0 Å². The second kappa shape index (κ2) is 8.29. The Bertz CT molecular complexity index is 1330. The van der Waals surface area contributed by atoms with Gasteiger partial charge in [-0.15, -0.1) is 11.3 Å². The molecule has 1 aromatic heterocycles. The van der Waals surface area contributed by atoms with Crippen LogP contribution in [0, 0.1) is 11.3 Å². The van der Waals surface area contributed by atoms with Gasteiger partial charge in [-0.2, -0.15) is 5.26 Å². The van der Waals surface area contributed by atoms with Crippen LogP contribution in [0.4, 0.5) is 0 Å². The normalized spacial score (nSPS) is 10.6. The first-order valence-corrected chi connectivity index (χ1v) is 10.4. The Morgan fingerprint density at radius 2 is 1.73 bits per heavy atom. The Labute approximate surface area is 186 Å². The molecule has 4 aromatic rings. The first-order valence-electron chi connectivity index (χ1n) is 8.76. The molecule has 4 nitrogen and oxygen atoms in total.